The van der Waals surface area contributed by atoms with Gasteiger partial charge in [-0.05, 0) is 91.4 Å². The summed E-state index contributed by atoms with van der Waals surface area (Å²) < 4.78 is 0. The van der Waals surface area contributed by atoms with E-state index in [9.17, 15) is 0 Å². The van der Waals surface area contributed by atoms with Crippen molar-refractivity contribution < 1.29 is 0 Å². The molecule has 2 atom stereocenters. The molecule has 0 saturated carbocycles. The van der Waals surface area contributed by atoms with E-state index >= 15 is 0 Å². The molecule has 2 nitrogen and oxygen atoms in total. The lowest BCUT2D eigenvalue weighted by molar-refractivity contribution is 0.391. The highest BCUT2D eigenvalue weighted by molar-refractivity contribution is 6.06. The maximum absolute atomic E-state index is 4.68. The van der Waals surface area contributed by atoms with Crippen LogP contribution in [0.3, 0.4) is 0 Å². The molecule has 194 valence electrons. The Morgan fingerprint density at radius 2 is 1.40 bits per heavy atom. The molecule has 0 fully saturated rings. The Morgan fingerprint density at radius 3 is 2.12 bits per heavy atom. The van der Waals surface area contributed by atoms with E-state index in [0.29, 0.717) is 11.8 Å². The Hall–Kier alpha value is -4.30. The highest BCUT2D eigenvalue weighted by Crippen LogP contribution is 2.63. The van der Waals surface area contributed by atoms with Crippen molar-refractivity contribution in [1.29, 1.82) is 0 Å². The van der Waals surface area contributed by atoms with Crippen LogP contribution in [0.2, 0.25) is 0 Å². The van der Waals surface area contributed by atoms with Crippen LogP contribution in [-0.2, 0) is 10.8 Å². The van der Waals surface area contributed by atoms with Crippen LogP contribution < -0.4 is 0 Å². The summed E-state index contributed by atoms with van der Waals surface area (Å²) in [7, 11) is 0. The third-order valence-electron chi connectivity index (χ3n) is 9.80. The number of fused-ring (bicyclic) bond motifs is 10. The number of pyridine rings is 2. The topological polar surface area (TPSA) is 25.8 Å². The highest BCUT2D eigenvalue weighted by Gasteiger charge is 2.52. The van der Waals surface area contributed by atoms with Crippen molar-refractivity contribution in [1.82, 2.24) is 9.97 Å². The third kappa shape index (κ3) is 3.05. The van der Waals surface area contributed by atoms with E-state index in [1.54, 1.807) is 5.56 Å². The van der Waals surface area contributed by atoms with Crippen molar-refractivity contribution in [2.45, 2.75) is 44.4 Å². The quantitative estimate of drug-likeness (QED) is 0.234. The molecular formula is C38H32N2. The van der Waals surface area contributed by atoms with Gasteiger partial charge in [-0.15, -0.1) is 0 Å². The average Bonchev–Trinajstić information content (AvgIpc) is 3.37. The van der Waals surface area contributed by atoms with Gasteiger partial charge in [0.25, 0.3) is 0 Å². The van der Waals surface area contributed by atoms with Gasteiger partial charge in [0.2, 0.25) is 0 Å². The van der Waals surface area contributed by atoms with Gasteiger partial charge in [0.05, 0.1) is 11.4 Å². The second-order valence-electron chi connectivity index (χ2n) is 12.7. The molecule has 2 unspecified atom stereocenters. The summed E-state index contributed by atoms with van der Waals surface area (Å²) in [6.07, 6.45) is 11.0. The molecular weight excluding hydrogens is 484 g/mol. The van der Waals surface area contributed by atoms with E-state index in [2.05, 4.69) is 123 Å². The molecule has 0 radical (unpaired) electrons. The second-order valence-corrected chi connectivity index (χ2v) is 12.7. The standard InChI is InChI=1S/C38H32N2/c1-37(2)29-21-23(31-13-7-9-19-39-31)15-17-27(29)33-25-11-5-6-12-26(25)34-28-18-16-24(32-14-8-10-20-40-32)22-30(28)38(3,4)36(34)35(33)37/h5-22,27,29H,1-4H3. The Kier molecular flexibility index (Phi) is 4.78. The molecule has 0 spiro atoms. The molecule has 0 saturated heterocycles. The predicted octanol–water partition coefficient (Wildman–Crippen LogP) is 9.25. The first-order chi connectivity index (χ1) is 19.4. The Balaban J connectivity index is 1.40. The third-order valence-corrected chi connectivity index (χ3v) is 9.80. The smallest absolute Gasteiger partial charge is 0.0702 e. The first kappa shape index (κ1) is 23.6. The zero-order valence-corrected chi connectivity index (χ0v) is 23.4. The Bertz CT molecular complexity index is 1890. The average molecular weight is 517 g/mol. The van der Waals surface area contributed by atoms with Crippen LogP contribution in [0.4, 0.5) is 0 Å². The van der Waals surface area contributed by atoms with Gasteiger partial charge in [0.1, 0.15) is 0 Å². The molecule has 3 aliphatic carbocycles. The van der Waals surface area contributed by atoms with Gasteiger partial charge < -0.3 is 0 Å². The van der Waals surface area contributed by atoms with Gasteiger partial charge in [-0.2, -0.15) is 0 Å². The van der Waals surface area contributed by atoms with Crippen LogP contribution in [0, 0.1) is 5.92 Å². The van der Waals surface area contributed by atoms with Gasteiger partial charge in [-0.1, -0.05) is 94.5 Å². The van der Waals surface area contributed by atoms with Crippen LogP contribution >= 0.6 is 0 Å². The normalized spacial score (nSPS) is 20.9. The molecule has 0 N–H and O–H groups in total. The van der Waals surface area contributed by atoms with Gasteiger partial charge >= 0.3 is 0 Å². The van der Waals surface area contributed by atoms with E-state index in [1.165, 1.54) is 49.7 Å². The van der Waals surface area contributed by atoms with E-state index in [-0.39, 0.29) is 10.8 Å². The lowest BCUT2D eigenvalue weighted by Gasteiger charge is -2.34. The second kappa shape index (κ2) is 8.11. The minimum absolute atomic E-state index is 0.0396. The van der Waals surface area contributed by atoms with Gasteiger partial charge in [-0.3, -0.25) is 9.97 Å². The Labute approximate surface area is 236 Å². The van der Waals surface area contributed by atoms with Crippen molar-refractivity contribution in [3.05, 3.63) is 137 Å². The summed E-state index contributed by atoms with van der Waals surface area (Å²) in [5.41, 5.74) is 13.1. The fraction of sp³-hybridized carbons (Fsp3) is 0.211. The molecule has 2 heteroatoms. The summed E-state index contributed by atoms with van der Waals surface area (Å²) >= 11 is 0. The van der Waals surface area contributed by atoms with E-state index in [4.69, 9.17) is 0 Å². The van der Waals surface area contributed by atoms with Crippen LogP contribution in [0.15, 0.2) is 109 Å². The largest absolute Gasteiger partial charge is 0.256 e. The van der Waals surface area contributed by atoms with Gasteiger partial charge in [0, 0.05) is 29.3 Å². The number of hydrogen-bond donors (Lipinski definition) is 0. The number of hydrogen-bond acceptors (Lipinski definition) is 2. The number of aromatic nitrogens is 2. The van der Waals surface area contributed by atoms with E-state index < -0.39 is 0 Å². The molecule has 3 aliphatic rings. The number of benzene rings is 3. The van der Waals surface area contributed by atoms with E-state index in [0.717, 1.165) is 11.4 Å². The fourth-order valence-corrected chi connectivity index (χ4v) is 7.98. The van der Waals surface area contributed by atoms with Gasteiger partial charge in [-0.25, -0.2) is 0 Å². The van der Waals surface area contributed by atoms with E-state index in [1.807, 2.05) is 24.5 Å². The minimum atomic E-state index is -0.133. The molecule has 40 heavy (non-hydrogen) atoms. The van der Waals surface area contributed by atoms with Crippen molar-refractivity contribution in [3.63, 3.8) is 0 Å². The zero-order valence-electron chi connectivity index (χ0n) is 23.4. The fourth-order valence-electron chi connectivity index (χ4n) is 7.98. The Morgan fingerprint density at radius 1 is 0.700 bits per heavy atom. The SMILES string of the molecule is CC1(C)c2cc(-c3ccccn3)ccc2-c2c1c1c(c3ccccc23)C2C=CC(c3ccccn3)=CC2C1(C)C. The van der Waals surface area contributed by atoms with Crippen molar-refractivity contribution >= 4 is 16.3 Å². The highest BCUT2D eigenvalue weighted by atomic mass is 14.7. The van der Waals surface area contributed by atoms with Crippen LogP contribution in [0.25, 0.3) is 38.7 Å². The zero-order chi connectivity index (χ0) is 27.2. The molecule has 0 aliphatic heterocycles. The number of rotatable bonds is 2. The summed E-state index contributed by atoms with van der Waals surface area (Å²) in [6.45, 7) is 9.79. The molecule has 5 aromatic rings. The first-order valence-electron chi connectivity index (χ1n) is 14.3. The summed E-state index contributed by atoms with van der Waals surface area (Å²) in [5, 5.41) is 2.77. The number of nitrogens with zero attached hydrogens (tertiary/aromatic N) is 2. The van der Waals surface area contributed by atoms with Crippen LogP contribution in [0.5, 0.6) is 0 Å². The lowest BCUT2D eigenvalue weighted by Crippen LogP contribution is -2.28. The van der Waals surface area contributed by atoms with Crippen molar-refractivity contribution in [2.24, 2.45) is 5.92 Å². The molecule has 2 heterocycles. The predicted molar refractivity (Wildman–Crippen MR) is 165 cm³/mol. The summed E-state index contributed by atoms with van der Waals surface area (Å²) in [5.74, 6) is 0.708. The molecule has 8 rings (SSSR count). The van der Waals surface area contributed by atoms with Crippen molar-refractivity contribution in [3.8, 4) is 22.4 Å². The molecule has 0 bridgehead atoms. The molecule has 3 aromatic carbocycles. The maximum Gasteiger partial charge on any atom is 0.0702 e. The van der Waals surface area contributed by atoms with Crippen LogP contribution in [0.1, 0.15) is 61.6 Å². The van der Waals surface area contributed by atoms with Gasteiger partial charge in [0.15, 0.2) is 0 Å². The van der Waals surface area contributed by atoms with Crippen molar-refractivity contribution in [2.75, 3.05) is 0 Å². The molecule has 0 amide bonds. The number of allylic oxidation sites excluding steroid dienone is 4. The summed E-state index contributed by atoms with van der Waals surface area (Å²) in [4.78, 5) is 9.34. The maximum atomic E-state index is 4.68. The lowest BCUT2D eigenvalue weighted by atomic mass is 9.69. The summed E-state index contributed by atoms with van der Waals surface area (Å²) in [6, 6.07) is 28.5. The minimum Gasteiger partial charge on any atom is -0.256 e. The molecule has 2 aromatic heterocycles. The first-order valence-corrected chi connectivity index (χ1v) is 14.3. The van der Waals surface area contributed by atoms with Crippen LogP contribution in [-0.4, -0.2) is 9.97 Å². The monoisotopic (exact) mass is 516 g/mol.